The summed E-state index contributed by atoms with van der Waals surface area (Å²) in [6.45, 7) is 3.69. The minimum absolute atomic E-state index is 0.0134. The molecule has 0 radical (unpaired) electrons. The van der Waals surface area contributed by atoms with Gasteiger partial charge < -0.3 is 10.4 Å². The van der Waals surface area contributed by atoms with Gasteiger partial charge in [-0.15, -0.1) is 0 Å². The minimum atomic E-state index is -0.507. The van der Waals surface area contributed by atoms with Gasteiger partial charge in [0.1, 0.15) is 23.0 Å². The van der Waals surface area contributed by atoms with Crippen LogP contribution in [0, 0.1) is 5.82 Å². The van der Waals surface area contributed by atoms with E-state index >= 15 is 0 Å². The molecule has 5 nitrogen and oxygen atoms in total. The number of hydrogen-bond donors (Lipinski definition) is 2. The number of halogens is 1. The van der Waals surface area contributed by atoms with Gasteiger partial charge in [0.15, 0.2) is 0 Å². The summed E-state index contributed by atoms with van der Waals surface area (Å²) in [5.74, 6) is -1.12. The largest absolute Gasteiger partial charge is 0.508 e. The molecule has 0 aliphatic heterocycles. The number of pyridine rings is 1. The summed E-state index contributed by atoms with van der Waals surface area (Å²) in [4.78, 5) is 28.1. The van der Waals surface area contributed by atoms with E-state index < -0.39 is 5.82 Å². The fourth-order valence-corrected chi connectivity index (χ4v) is 2.24. The highest BCUT2D eigenvalue weighted by Crippen LogP contribution is 2.19. The molecular formula is C18H19FN2O3. The third-order valence-corrected chi connectivity index (χ3v) is 3.31. The van der Waals surface area contributed by atoms with Crippen molar-refractivity contribution in [3.63, 3.8) is 0 Å². The monoisotopic (exact) mass is 330 g/mol. The molecular weight excluding hydrogens is 311 g/mol. The molecule has 2 rings (SSSR count). The van der Waals surface area contributed by atoms with Crippen molar-refractivity contribution >= 4 is 11.7 Å². The Morgan fingerprint density at radius 1 is 1.21 bits per heavy atom. The normalized spacial score (nSPS) is 10.7. The Balaban J connectivity index is 2.06. The fraction of sp³-hybridized carbons (Fsp3) is 0.278. The first-order valence-electron chi connectivity index (χ1n) is 7.60. The van der Waals surface area contributed by atoms with Crippen LogP contribution in [0.15, 0.2) is 36.5 Å². The summed E-state index contributed by atoms with van der Waals surface area (Å²) in [5.41, 5.74) is 1.12. The maximum atomic E-state index is 13.2. The van der Waals surface area contributed by atoms with Gasteiger partial charge >= 0.3 is 0 Å². The minimum Gasteiger partial charge on any atom is -0.508 e. The number of phenolic OH excluding ortho intramolecular Hbond substituents is 1. The van der Waals surface area contributed by atoms with E-state index in [9.17, 15) is 19.1 Å². The standard InChI is InChI=1S/C18H19FN2O3/c1-11(2)21-18(24)16-8-12(5-6-20-16)7-15(22)10-13-9-14(19)3-4-17(13)23/h3-6,8-9,11,23H,7,10H2,1-2H3,(H,21,24). The van der Waals surface area contributed by atoms with Crippen molar-refractivity contribution in [2.24, 2.45) is 0 Å². The number of Topliss-reactive ketones (excluding diaryl/α,β-unsaturated/α-hetero) is 1. The van der Waals surface area contributed by atoms with E-state index in [0.717, 1.165) is 12.1 Å². The molecule has 2 aromatic rings. The molecule has 1 amide bonds. The molecule has 2 N–H and O–H groups in total. The average molecular weight is 330 g/mol. The zero-order valence-electron chi connectivity index (χ0n) is 13.5. The molecule has 126 valence electrons. The summed E-state index contributed by atoms with van der Waals surface area (Å²) in [6.07, 6.45) is 1.46. The molecule has 0 saturated heterocycles. The van der Waals surface area contributed by atoms with Gasteiger partial charge in [-0.2, -0.15) is 0 Å². The van der Waals surface area contributed by atoms with E-state index in [0.29, 0.717) is 5.56 Å². The second-order valence-electron chi connectivity index (χ2n) is 5.84. The summed E-state index contributed by atoms with van der Waals surface area (Å²) in [6, 6.07) is 6.68. The smallest absolute Gasteiger partial charge is 0.270 e. The lowest BCUT2D eigenvalue weighted by Gasteiger charge is -2.09. The highest BCUT2D eigenvalue weighted by Gasteiger charge is 2.13. The topological polar surface area (TPSA) is 79.3 Å². The number of ketones is 1. The predicted octanol–water partition coefficient (Wildman–Crippen LogP) is 2.42. The highest BCUT2D eigenvalue weighted by atomic mass is 19.1. The number of phenols is 1. The van der Waals surface area contributed by atoms with Gasteiger partial charge in [-0.1, -0.05) is 0 Å². The van der Waals surface area contributed by atoms with Crippen molar-refractivity contribution in [3.05, 3.63) is 59.2 Å². The Morgan fingerprint density at radius 2 is 1.96 bits per heavy atom. The number of carbonyl (C=O) groups is 2. The van der Waals surface area contributed by atoms with Crippen molar-refractivity contribution in [1.29, 1.82) is 0 Å². The van der Waals surface area contributed by atoms with Crippen LogP contribution in [0.2, 0.25) is 0 Å². The molecule has 1 aromatic carbocycles. The number of rotatable bonds is 6. The van der Waals surface area contributed by atoms with Crippen LogP contribution in [-0.2, 0) is 17.6 Å². The number of hydrogen-bond acceptors (Lipinski definition) is 4. The fourth-order valence-electron chi connectivity index (χ4n) is 2.24. The Labute approximate surface area is 139 Å². The molecule has 1 aromatic heterocycles. The highest BCUT2D eigenvalue weighted by molar-refractivity contribution is 5.93. The summed E-state index contributed by atoms with van der Waals surface area (Å²) in [5, 5.41) is 12.4. The van der Waals surface area contributed by atoms with Crippen molar-refractivity contribution in [2.75, 3.05) is 0 Å². The van der Waals surface area contributed by atoms with Crippen LogP contribution >= 0.6 is 0 Å². The van der Waals surface area contributed by atoms with E-state index in [-0.39, 0.29) is 47.6 Å². The lowest BCUT2D eigenvalue weighted by Crippen LogP contribution is -2.30. The van der Waals surface area contributed by atoms with E-state index in [1.54, 1.807) is 12.1 Å². The second-order valence-corrected chi connectivity index (χ2v) is 5.84. The lowest BCUT2D eigenvalue weighted by molar-refractivity contribution is -0.117. The molecule has 0 fully saturated rings. The Bertz CT molecular complexity index is 760. The Morgan fingerprint density at radius 3 is 2.67 bits per heavy atom. The number of carbonyl (C=O) groups excluding carboxylic acids is 2. The van der Waals surface area contributed by atoms with Crippen molar-refractivity contribution < 1.29 is 19.1 Å². The SMILES string of the molecule is CC(C)NC(=O)c1cc(CC(=O)Cc2cc(F)ccc2O)ccn1. The number of aromatic hydroxyl groups is 1. The second kappa shape index (κ2) is 7.68. The quantitative estimate of drug-likeness (QED) is 0.852. The number of amides is 1. The van der Waals surface area contributed by atoms with E-state index in [4.69, 9.17) is 0 Å². The molecule has 24 heavy (non-hydrogen) atoms. The van der Waals surface area contributed by atoms with Crippen LogP contribution in [0.5, 0.6) is 5.75 Å². The van der Waals surface area contributed by atoms with Crippen LogP contribution < -0.4 is 5.32 Å². The molecule has 1 heterocycles. The third-order valence-electron chi connectivity index (χ3n) is 3.31. The third kappa shape index (κ3) is 4.87. The van der Waals surface area contributed by atoms with Gasteiger partial charge in [0.2, 0.25) is 0 Å². The van der Waals surface area contributed by atoms with E-state index in [2.05, 4.69) is 10.3 Å². The Kier molecular flexibility index (Phi) is 5.63. The van der Waals surface area contributed by atoms with Crippen LogP contribution in [0.1, 0.15) is 35.5 Å². The molecule has 0 aliphatic rings. The molecule has 0 spiro atoms. The Hall–Kier alpha value is -2.76. The lowest BCUT2D eigenvalue weighted by atomic mass is 10.0. The first kappa shape index (κ1) is 17.6. The maximum Gasteiger partial charge on any atom is 0.270 e. The summed E-state index contributed by atoms with van der Waals surface area (Å²) in [7, 11) is 0. The van der Waals surface area contributed by atoms with Crippen LogP contribution in [0.25, 0.3) is 0 Å². The average Bonchev–Trinajstić information content (AvgIpc) is 2.50. The zero-order valence-corrected chi connectivity index (χ0v) is 13.5. The maximum absolute atomic E-state index is 13.2. The first-order valence-corrected chi connectivity index (χ1v) is 7.60. The predicted molar refractivity (Wildman–Crippen MR) is 87.3 cm³/mol. The molecule has 0 atom stereocenters. The molecule has 0 unspecified atom stereocenters. The number of nitrogens with zero attached hydrogens (tertiary/aromatic N) is 1. The molecule has 0 aliphatic carbocycles. The molecule has 0 bridgehead atoms. The number of benzene rings is 1. The van der Waals surface area contributed by atoms with Crippen molar-refractivity contribution in [1.82, 2.24) is 10.3 Å². The van der Waals surface area contributed by atoms with Gasteiger partial charge in [-0.05, 0) is 49.7 Å². The van der Waals surface area contributed by atoms with E-state index in [1.807, 2.05) is 13.8 Å². The summed E-state index contributed by atoms with van der Waals surface area (Å²) >= 11 is 0. The zero-order chi connectivity index (χ0) is 17.7. The van der Waals surface area contributed by atoms with Crippen LogP contribution in [0.3, 0.4) is 0 Å². The van der Waals surface area contributed by atoms with Gasteiger partial charge in [-0.25, -0.2) is 4.39 Å². The van der Waals surface area contributed by atoms with Crippen molar-refractivity contribution in [2.45, 2.75) is 32.7 Å². The number of aromatic nitrogens is 1. The number of nitrogens with one attached hydrogen (secondary N) is 1. The first-order chi connectivity index (χ1) is 11.3. The van der Waals surface area contributed by atoms with Gasteiger partial charge in [0.05, 0.1) is 0 Å². The van der Waals surface area contributed by atoms with Gasteiger partial charge in [0, 0.05) is 30.6 Å². The van der Waals surface area contributed by atoms with Crippen LogP contribution in [-0.4, -0.2) is 27.8 Å². The molecule has 6 heteroatoms. The van der Waals surface area contributed by atoms with Crippen LogP contribution in [0.4, 0.5) is 4.39 Å². The van der Waals surface area contributed by atoms with Gasteiger partial charge in [0.25, 0.3) is 5.91 Å². The van der Waals surface area contributed by atoms with E-state index in [1.165, 1.54) is 12.3 Å². The van der Waals surface area contributed by atoms with Crippen molar-refractivity contribution in [3.8, 4) is 5.75 Å². The molecule has 0 saturated carbocycles. The van der Waals surface area contributed by atoms with Gasteiger partial charge in [-0.3, -0.25) is 14.6 Å². The summed E-state index contributed by atoms with van der Waals surface area (Å²) < 4.78 is 13.2.